The monoisotopic (exact) mass is 345 g/mol. The first-order valence-corrected chi connectivity index (χ1v) is 8.63. The number of ether oxygens (including phenoxy) is 1. The number of piperazine rings is 1. The summed E-state index contributed by atoms with van der Waals surface area (Å²) in [6.07, 6.45) is 0. The first kappa shape index (κ1) is 16.4. The summed E-state index contributed by atoms with van der Waals surface area (Å²) < 4.78 is 5.46. The van der Waals surface area contributed by atoms with Gasteiger partial charge in [-0.15, -0.1) is 11.3 Å². The van der Waals surface area contributed by atoms with E-state index in [1.165, 1.54) is 11.3 Å². The number of methoxy groups -OCH3 is 1. The van der Waals surface area contributed by atoms with Crippen LogP contribution < -0.4 is 4.74 Å². The van der Waals surface area contributed by atoms with Crippen LogP contribution in [0.5, 0.6) is 5.75 Å². The Labute approximate surface area is 144 Å². The maximum Gasteiger partial charge on any atom is 0.273 e. The third kappa shape index (κ3) is 3.12. The molecule has 1 atom stereocenters. The lowest BCUT2D eigenvalue weighted by Gasteiger charge is -2.41. The molecule has 0 spiro atoms. The molecule has 1 unspecified atom stereocenters. The molecule has 1 fully saturated rings. The van der Waals surface area contributed by atoms with Crippen molar-refractivity contribution < 1.29 is 14.3 Å². The molecule has 126 valence electrons. The molecule has 7 heteroatoms. The SMILES string of the molecule is COc1ccccc1C1CN(C(C)=O)CCN1C(=O)c1cscn1. The van der Waals surface area contributed by atoms with Gasteiger partial charge in [0.1, 0.15) is 11.4 Å². The summed E-state index contributed by atoms with van der Waals surface area (Å²) in [5.41, 5.74) is 2.99. The second-order valence-corrected chi connectivity index (χ2v) is 6.31. The van der Waals surface area contributed by atoms with Gasteiger partial charge >= 0.3 is 0 Å². The number of hydrogen-bond acceptors (Lipinski definition) is 5. The van der Waals surface area contributed by atoms with E-state index in [1.54, 1.807) is 34.7 Å². The summed E-state index contributed by atoms with van der Waals surface area (Å²) in [5.74, 6) is 0.606. The van der Waals surface area contributed by atoms with Crippen LogP contribution in [-0.2, 0) is 4.79 Å². The van der Waals surface area contributed by atoms with Crippen LogP contribution in [0.1, 0.15) is 29.0 Å². The first-order valence-electron chi connectivity index (χ1n) is 7.69. The minimum absolute atomic E-state index is 0.00987. The third-order valence-electron chi connectivity index (χ3n) is 4.24. The van der Waals surface area contributed by atoms with Crippen LogP contribution in [0.3, 0.4) is 0 Å². The molecule has 0 aliphatic carbocycles. The van der Waals surface area contributed by atoms with Crippen molar-refractivity contribution in [3.8, 4) is 5.75 Å². The summed E-state index contributed by atoms with van der Waals surface area (Å²) in [6.45, 7) is 3.00. The highest BCUT2D eigenvalue weighted by atomic mass is 32.1. The summed E-state index contributed by atoms with van der Waals surface area (Å²) in [6, 6.07) is 7.35. The van der Waals surface area contributed by atoms with Crippen molar-refractivity contribution in [3.05, 3.63) is 46.4 Å². The normalized spacial score (nSPS) is 17.7. The highest BCUT2D eigenvalue weighted by Gasteiger charge is 2.35. The van der Waals surface area contributed by atoms with Gasteiger partial charge in [0, 0.05) is 37.5 Å². The Morgan fingerprint density at radius 3 is 2.75 bits per heavy atom. The molecule has 0 N–H and O–H groups in total. The molecular weight excluding hydrogens is 326 g/mol. The molecule has 1 aliphatic rings. The number of nitrogens with zero attached hydrogens (tertiary/aromatic N) is 3. The van der Waals surface area contributed by atoms with Crippen LogP contribution in [0.2, 0.25) is 0 Å². The van der Waals surface area contributed by atoms with E-state index in [9.17, 15) is 9.59 Å². The highest BCUT2D eigenvalue weighted by molar-refractivity contribution is 7.07. The largest absolute Gasteiger partial charge is 0.496 e. The van der Waals surface area contributed by atoms with Crippen LogP contribution in [0.4, 0.5) is 0 Å². The molecule has 0 radical (unpaired) electrons. The lowest BCUT2D eigenvalue weighted by atomic mass is 10.0. The molecule has 0 bridgehead atoms. The topological polar surface area (TPSA) is 62.7 Å². The van der Waals surface area contributed by atoms with Crippen molar-refractivity contribution in [1.29, 1.82) is 0 Å². The fourth-order valence-electron chi connectivity index (χ4n) is 2.99. The van der Waals surface area contributed by atoms with Gasteiger partial charge in [0.25, 0.3) is 5.91 Å². The Morgan fingerprint density at radius 1 is 1.29 bits per heavy atom. The number of hydrogen-bond donors (Lipinski definition) is 0. The fraction of sp³-hybridized carbons (Fsp3) is 0.353. The molecule has 3 rings (SSSR count). The molecule has 2 amide bonds. The molecule has 2 aromatic rings. The minimum atomic E-state index is -0.256. The van der Waals surface area contributed by atoms with E-state index in [0.717, 1.165) is 5.56 Å². The molecule has 24 heavy (non-hydrogen) atoms. The Morgan fingerprint density at radius 2 is 2.08 bits per heavy atom. The predicted molar refractivity (Wildman–Crippen MR) is 91.1 cm³/mol. The second-order valence-electron chi connectivity index (χ2n) is 5.60. The molecule has 1 aromatic carbocycles. The number of carbonyl (C=O) groups is 2. The minimum Gasteiger partial charge on any atom is -0.496 e. The summed E-state index contributed by atoms with van der Waals surface area (Å²) in [7, 11) is 1.61. The number of para-hydroxylation sites is 1. The quantitative estimate of drug-likeness (QED) is 0.855. The Hall–Kier alpha value is -2.41. The van der Waals surface area contributed by atoms with Gasteiger partial charge in [-0.05, 0) is 6.07 Å². The summed E-state index contributed by atoms with van der Waals surface area (Å²) >= 11 is 1.39. The van der Waals surface area contributed by atoms with Crippen molar-refractivity contribution in [2.45, 2.75) is 13.0 Å². The zero-order valence-corrected chi connectivity index (χ0v) is 14.5. The smallest absolute Gasteiger partial charge is 0.273 e. The molecular formula is C17H19N3O3S. The summed E-state index contributed by atoms with van der Waals surface area (Å²) in [4.78, 5) is 32.3. The molecule has 6 nitrogen and oxygen atoms in total. The standard InChI is InChI=1S/C17H19N3O3S/c1-12(21)19-7-8-20(17(22)14-10-24-11-18-14)15(9-19)13-5-3-4-6-16(13)23-2/h3-6,10-11,15H,7-9H2,1-2H3. The average molecular weight is 345 g/mol. The first-order chi connectivity index (χ1) is 11.6. The van der Waals surface area contributed by atoms with Gasteiger partial charge < -0.3 is 14.5 Å². The van der Waals surface area contributed by atoms with E-state index in [4.69, 9.17) is 4.74 Å². The van der Waals surface area contributed by atoms with Crippen LogP contribution in [0, 0.1) is 0 Å². The fourth-order valence-corrected chi connectivity index (χ4v) is 3.51. The van der Waals surface area contributed by atoms with Crippen LogP contribution in [0.15, 0.2) is 35.2 Å². The summed E-state index contributed by atoms with van der Waals surface area (Å²) in [5, 5.41) is 1.75. The Kier molecular flexibility index (Phi) is 4.80. The van der Waals surface area contributed by atoms with Gasteiger partial charge in [0.2, 0.25) is 5.91 Å². The number of rotatable bonds is 3. The molecule has 1 saturated heterocycles. The second kappa shape index (κ2) is 7.00. The van der Waals surface area contributed by atoms with E-state index in [-0.39, 0.29) is 17.9 Å². The number of amides is 2. The molecule has 2 heterocycles. The number of thiazole rings is 1. The van der Waals surface area contributed by atoms with Crippen LogP contribution in [0.25, 0.3) is 0 Å². The zero-order chi connectivity index (χ0) is 17.1. The van der Waals surface area contributed by atoms with Crippen molar-refractivity contribution in [2.24, 2.45) is 0 Å². The lowest BCUT2D eigenvalue weighted by Crippen LogP contribution is -2.52. The van der Waals surface area contributed by atoms with Crippen molar-refractivity contribution in [1.82, 2.24) is 14.8 Å². The van der Waals surface area contributed by atoms with E-state index in [2.05, 4.69) is 4.98 Å². The molecule has 0 saturated carbocycles. The average Bonchev–Trinajstić information content (AvgIpc) is 3.15. The predicted octanol–water partition coefficient (Wildman–Crippen LogP) is 2.20. The maximum absolute atomic E-state index is 12.8. The van der Waals surface area contributed by atoms with Gasteiger partial charge in [-0.25, -0.2) is 4.98 Å². The van der Waals surface area contributed by atoms with Gasteiger partial charge in [-0.2, -0.15) is 0 Å². The van der Waals surface area contributed by atoms with Gasteiger partial charge in [0.15, 0.2) is 0 Å². The van der Waals surface area contributed by atoms with E-state index in [0.29, 0.717) is 31.1 Å². The van der Waals surface area contributed by atoms with Crippen molar-refractivity contribution in [2.75, 3.05) is 26.7 Å². The Bertz CT molecular complexity index is 732. The van der Waals surface area contributed by atoms with E-state index >= 15 is 0 Å². The van der Waals surface area contributed by atoms with Crippen molar-refractivity contribution >= 4 is 23.2 Å². The van der Waals surface area contributed by atoms with Gasteiger partial charge in [-0.3, -0.25) is 9.59 Å². The van der Waals surface area contributed by atoms with Gasteiger partial charge in [-0.1, -0.05) is 18.2 Å². The lowest BCUT2D eigenvalue weighted by molar-refractivity contribution is -0.131. The highest BCUT2D eigenvalue weighted by Crippen LogP contribution is 2.33. The van der Waals surface area contributed by atoms with E-state index < -0.39 is 0 Å². The third-order valence-corrected chi connectivity index (χ3v) is 4.82. The zero-order valence-electron chi connectivity index (χ0n) is 13.6. The Balaban J connectivity index is 1.97. The number of carbonyl (C=O) groups excluding carboxylic acids is 2. The van der Waals surface area contributed by atoms with Gasteiger partial charge in [0.05, 0.1) is 18.7 Å². The molecule has 1 aromatic heterocycles. The number of aromatic nitrogens is 1. The maximum atomic E-state index is 12.8. The van der Waals surface area contributed by atoms with Crippen LogP contribution >= 0.6 is 11.3 Å². The molecule has 1 aliphatic heterocycles. The number of benzene rings is 1. The van der Waals surface area contributed by atoms with Crippen molar-refractivity contribution in [3.63, 3.8) is 0 Å². The van der Waals surface area contributed by atoms with E-state index in [1.807, 2.05) is 24.3 Å². The van der Waals surface area contributed by atoms with Crippen LogP contribution in [-0.4, -0.2) is 53.3 Å².